The van der Waals surface area contributed by atoms with Gasteiger partial charge in [0.2, 0.25) is 0 Å². The van der Waals surface area contributed by atoms with Crippen molar-refractivity contribution in [2.45, 2.75) is 0 Å². The van der Waals surface area contributed by atoms with Gasteiger partial charge in [0.05, 0.1) is 23.5 Å². The van der Waals surface area contributed by atoms with Gasteiger partial charge in [-0.2, -0.15) is 10.2 Å². The van der Waals surface area contributed by atoms with E-state index in [1.807, 2.05) is 72.8 Å². The Morgan fingerprint density at radius 1 is 0.577 bits per heavy atom. The number of fused-ring (bicyclic) bond motifs is 2. The van der Waals surface area contributed by atoms with Crippen LogP contribution in [0.25, 0.3) is 21.8 Å². The number of rotatable bonds is 5. The highest BCUT2D eigenvalue weighted by Crippen LogP contribution is 2.15. The van der Waals surface area contributed by atoms with E-state index in [0.29, 0.717) is 11.6 Å². The van der Waals surface area contributed by atoms with Crippen LogP contribution >= 0.6 is 0 Å². The van der Waals surface area contributed by atoms with Crippen LogP contribution in [0.4, 0.5) is 11.6 Å². The van der Waals surface area contributed by atoms with Crippen molar-refractivity contribution in [2.24, 2.45) is 10.2 Å². The van der Waals surface area contributed by atoms with E-state index in [1.165, 1.54) is 0 Å². The molecule has 0 saturated carbocycles. The largest absolute Gasteiger partial charge is 0.261 e. The lowest BCUT2D eigenvalue weighted by atomic mass is 10.2. The summed E-state index contributed by atoms with van der Waals surface area (Å²) >= 11 is 0. The summed E-state index contributed by atoms with van der Waals surface area (Å²) in [5, 5.41) is 10.4. The molecule has 2 aromatic carbocycles. The van der Waals surface area contributed by atoms with Gasteiger partial charge in [-0.25, -0.2) is 9.97 Å². The van der Waals surface area contributed by atoms with Gasteiger partial charge >= 0.3 is 0 Å². The Balaban J connectivity index is 1.34. The molecule has 0 fully saturated rings. The molecule has 0 amide bonds. The third-order valence-electron chi connectivity index (χ3n) is 3.77. The molecule has 0 saturated heterocycles. The lowest BCUT2D eigenvalue weighted by Gasteiger charge is -2.01. The molecule has 4 aromatic rings. The molecular weight excluding hydrogens is 324 g/mol. The summed E-state index contributed by atoms with van der Waals surface area (Å²) in [6.45, 7) is 0. The molecule has 126 valence electrons. The van der Waals surface area contributed by atoms with Crippen LogP contribution in [-0.4, -0.2) is 22.4 Å². The van der Waals surface area contributed by atoms with Crippen molar-refractivity contribution in [2.75, 3.05) is 10.9 Å². The van der Waals surface area contributed by atoms with Crippen LogP contribution in [0.1, 0.15) is 0 Å². The van der Waals surface area contributed by atoms with Gasteiger partial charge in [-0.3, -0.25) is 10.9 Å². The minimum atomic E-state index is 0.678. The van der Waals surface area contributed by atoms with E-state index in [2.05, 4.69) is 31.0 Å². The molecule has 2 N–H and O–H groups in total. The molecule has 0 bridgehead atoms. The smallest absolute Gasteiger partial charge is 0.146 e. The van der Waals surface area contributed by atoms with Gasteiger partial charge in [-0.1, -0.05) is 36.4 Å². The lowest BCUT2D eigenvalue weighted by molar-refractivity contribution is 1.26. The van der Waals surface area contributed by atoms with E-state index in [9.17, 15) is 0 Å². The molecule has 0 spiro atoms. The van der Waals surface area contributed by atoms with Crippen LogP contribution in [0.5, 0.6) is 0 Å². The minimum absolute atomic E-state index is 0.678. The molecule has 6 nitrogen and oxygen atoms in total. The summed E-state index contributed by atoms with van der Waals surface area (Å²) in [4.78, 5) is 8.95. The fraction of sp³-hybridized carbons (Fsp3) is 0. The number of nitrogens with one attached hydrogen (secondary N) is 2. The fourth-order valence-corrected chi connectivity index (χ4v) is 2.53. The summed E-state index contributed by atoms with van der Waals surface area (Å²) in [6.07, 6.45) is 3.09. The number of nitrogens with zero attached hydrogens (tertiary/aromatic N) is 4. The number of anilines is 2. The highest BCUT2D eigenvalue weighted by atomic mass is 15.3. The van der Waals surface area contributed by atoms with Crippen molar-refractivity contribution < 1.29 is 0 Å². The van der Waals surface area contributed by atoms with Gasteiger partial charge in [-0.05, 0) is 36.4 Å². The first-order chi connectivity index (χ1) is 12.9. The van der Waals surface area contributed by atoms with Gasteiger partial charge in [0.1, 0.15) is 11.6 Å². The van der Waals surface area contributed by atoms with E-state index >= 15 is 0 Å². The Hall–Kier alpha value is -3.80. The maximum Gasteiger partial charge on any atom is 0.146 e. The first-order valence-corrected chi connectivity index (χ1v) is 8.17. The number of para-hydroxylation sites is 2. The highest BCUT2D eigenvalue weighted by Gasteiger charge is 1.96. The average molecular weight is 340 g/mol. The molecule has 26 heavy (non-hydrogen) atoms. The van der Waals surface area contributed by atoms with Crippen molar-refractivity contribution in [3.05, 3.63) is 72.8 Å². The zero-order chi connectivity index (χ0) is 17.6. The fourth-order valence-electron chi connectivity index (χ4n) is 2.53. The van der Waals surface area contributed by atoms with Crippen LogP contribution in [0.3, 0.4) is 0 Å². The molecule has 2 heterocycles. The third kappa shape index (κ3) is 3.64. The number of benzene rings is 2. The highest BCUT2D eigenvalue weighted by molar-refractivity contribution is 6.16. The predicted octanol–water partition coefficient (Wildman–Crippen LogP) is 4.28. The second kappa shape index (κ2) is 7.40. The zero-order valence-electron chi connectivity index (χ0n) is 13.9. The van der Waals surface area contributed by atoms with E-state index < -0.39 is 0 Å². The first kappa shape index (κ1) is 15.7. The van der Waals surface area contributed by atoms with Crippen LogP contribution in [-0.2, 0) is 0 Å². The number of hydrogen-bond donors (Lipinski definition) is 2. The number of hydrazone groups is 2. The van der Waals surface area contributed by atoms with Gasteiger partial charge in [0.15, 0.2) is 0 Å². The minimum Gasteiger partial charge on any atom is -0.261 e. The Morgan fingerprint density at radius 3 is 1.54 bits per heavy atom. The molecule has 0 aliphatic rings. The molecule has 2 aromatic heterocycles. The SMILES string of the molecule is C(C=NNc1ccc2ccccc2n1)=NNc1ccc2ccccc2n1. The summed E-state index contributed by atoms with van der Waals surface area (Å²) < 4.78 is 0. The van der Waals surface area contributed by atoms with Crippen LogP contribution in [0.15, 0.2) is 83.0 Å². The molecular formula is C20H16N6. The van der Waals surface area contributed by atoms with Crippen molar-refractivity contribution in [1.82, 2.24) is 9.97 Å². The van der Waals surface area contributed by atoms with Crippen molar-refractivity contribution in [3.63, 3.8) is 0 Å². The molecule has 6 heteroatoms. The molecule has 0 atom stereocenters. The van der Waals surface area contributed by atoms with Crippen molar-refractivity contribution >= 4 is 45.9 Å². The number of hydrogen-bond acceptors (Lipinski definition) is 6. The lowest BCUT2D eigenvalue weighted by Crippen LogP contribution is -1.96. The van der Waals surface area contributed by atoms with E-state index in [4.69, 9.17) is 0 Å². The van der Waals surface area contributed by atoms with Crippen LogP contribution < -0.4 is 10.9 Å². The maximum atomic E-state index is 4.47. The Labute approximate surface area is 150 Å². The van der Waals surface area contributed by atoms with E-state index in [0.717, 1.165) is 21.8 Å². The summed E-state index contributed by atoms with van der Waals surface area (Å²) in [6, 6.07) is 23.6. The summed E-state index contributed by atoms with van der Waals surface area (Å²) in [7, 11) is 0. The topological polar surface area (TPSA) is 74.6 Å². The Bertz CT molecular complexity index is 1010. The maximum absolute atomic E-state index is 4.47. The second-order valence-corrected chi connectivity index (χ2v) is 5.56. The molecule has 4 rings (SSSR count). The molecule has 0 aliphatic heterocycles. The monoisotopic (exact) mass is 340 g/mol. The van der Waals surface area contributed by atoms with Crippen molar-refractivity contribution in [3.8, 4) is 0 Å². The first-order valence-electron chi connectivity index (χ1n) is 8.17. The van der Waals surface area contributed by atoms with Crippen LogP contribution in [0.2, 0.25) is 0 Å². The summed E-state index contributed by atoms with van der Waals surface area (Å²) in [5.41, 5.74) is 7.61. The van der Waals surface area contributed by atoms with Crippen molar-refractivity contribution in [1.29, 1.82) is 0 Å². The Morgan fingerprint density at radius 2 is 1.04 bits per heavy atom. The molecule has 0 unspecified atom stereocenters. The molecule has 0 aliphatic carbocycles. The normalized spacial score (nSPS) is 11.5. The average Bonchev–Trinajstić information content (AvgIpc) is 2.70. The third-order valence-corrected chi connectivity index (χ3v) is 3.77. The second-order valence-electron chi connectivity index (χ2n) is 5.56. The number of aromatic nitrogens is 2. The van der Waals surface area contributed by atoms with Gasteiger partial charge in [0, 0.05) is 10.8 Å². The number of pyridine rings is 2. The van der Waals surface area contributed by atoms with Crippen LogP contribution in [0, 0.1) is 0 Å². The summed E-state index contributed by atoms with van der Waals surface area (Å²) in [5.74, 6) is 1.36. The van der Waals surface area contributed by atoms with Gasteiger partial charge < -0.3 is 0 Å². The zero-order valence-corrected chi connectivity index (χ0v) is 13.9. The van der Waals surface area contributed by atoms with Gasteiger partial charge in [0.25, 0.3) is 0 Å². The predicted molar refractivity (Wildman–Crippen MR) is 108 cm³/mol. The standard InChI is InChI=1S/C20H16N6/c1-3-7-17-15(5-1)9-11-19(23-17)25-21-13-14-22-26-20-12-10-16-6-2-4-8-18(16)24-20/h1-14H,(H,23,25)(H,24,26). The quantitative estimate of drug-likeness (QED) is 0.420. The Kier molecular flexibility index (Phi) is 4.47. The van der Waals surface area contributed by atoms with E-state index in [1.54, 1.807) is 12.4 Å². The van der Waals surface area contributed by atoms with Gasteiger partial charge in [-0.15, -0.1) is 0 Å². The molecule has 0 radical (unpaired) electrons. The van der Waals surface area contributed by atoms with E-state index in [-0.39, 0.29) is 0 Å².